The van der Waals surface area contributed by atoms with Gasteiger partial charge >= 0.3 is 12.1 Å². The highest BCUT2D eigenvalue weighted by molar-refractivity contribution is 6.75. The molecule has 466 valence electrons. The minimum absolute atomic E-state index is 0.0959. The van der Waals surface area contributed by atoms with Gasteiger partial charge < -0.3 is 68.8 Å². The number of carbonyl (C=O) groups is 6. The number of unbranched alkanes of at least 4 members (excludes halogenated alkanes) is 1. The molecule has 20 nitrogen and oxygen atoms in total. The fourth-order valence-corrected chi connectivity index (χ4v) is 11.4. The summed E-state index contributed by atoms with van der Waals surface area (Å²) in [5.41, 5.74) is -1.51. The number of alkyl carbamates (subject to hydrolysis) is 1. The molecule has 0 aliphatic carbocycles. The Bertz CT molecular complexity index is 2400. The average molecular weight is 1190 g/mol. The van der Waals surface area contributed by atoms with Gasteiger partial charge in [0.15, 0.2) is 5.79 Å². The van der Waals surface area contributed by atoms with E-state index in [1.54, 1.807) is 41.5 Å². The van der Waals surface area contributed by atoms with Gasteiger partial charge in [-0.1, -0.05) is 60.3 Å². The topological polar surface area (TPSA) is 240 Å². The summed E-state index contributed by atoms with van der Waals surface area (Å²) in [7, 11) is -4.93. The van der Waals surface area contributed by atoms with E-state index < -0.39 is 118 Å². The highest BCUT2D eigenvalue weighted by Crippen LogP contribution is 2.44. The van der Waals surface area contributed by atoms with E-state index in [1.165, 1.54) is 11.0 Å². The van der Waals surface area contributed by atoms with Gasteiger partial charge in [-0.05, 0) is 156 Å². The first-order chi connectivity index (χ1) is 37.3. The molecule has 3 aliphatic rings. The van der Waals surface area contributed by atoms with Crippen LogP contribution in [0.2, 0.25) is 36.3 Å². The van der Waals surface area contributed by atoms with E-state index in [0.717, 1.165) is 0 Å². The third kappa shape index (κ3) is 20.6. The Morgan fingerprint density at radius 1 is 0.793 bits per heavy atom. The lowest BCUT2D eigenvalue weighted by Crippen LogP contribution is -2.62. The number of ether oxygens (including phenoxy) is 6. The quantitative estimate of drug-likeness (QED) is 0.0283. The molecule has 9 atom stereocenters. The summed E-state index contributed by atoms with van der Waals surface area (Å²) in [5.74, 6) is -3.05. The molecule has 0 aromatic heterocycles. The average Bonchev–Trinajstić information content (AvgIpc) is 4.11. The number of benzene rings is 1. The van der Waals surface area contributed by atoms with Crippen LogP contribution in [0.1, 0.15) is 156 Å². The van der Waals surface area contributed by atoms with E-state index >= 15 is 14.4 Å². The molecule has 3 aliphatic heterocycles. The molecule has 0 bridgehead atoms. The van der Waals surface area contributed by atoms with Crippen molar-refractivity contribution in [3.63, 3.8) is 0 Å². The van der Waals surface area contributed by atoms with Crippen LogP contribution < -0.4 is 35.4 Å². The number of nitrogens with one attached hydrogen (secondary N) is 5. The molecule has 82 heavy (non-hydrogen) atoms. The molecule has 0 spiro atoms. The van der Waals surface area contributed by atoms with Crippen molar-refractivity contribution in [1.82, 2.24) is 31.5 Å². The fraction of sp³-hybridized carbons (Fsp3) is 0.767. The molecule has 0 saturated carbocycles. The van der Waals surface area contributed by atoms with E-state index in [0.29, 0.717) is 36.4 Å². The number of nitrogens with zero attached hydrogens (tertiary/aromatic N) is 1. The first kappa shape index (κ1) is 69.9. The molecule has 1 aromatic rings. The monoisotopic (exact) mass is 1190 g/mol. The molecular formula is C60H104N6O14Si2. The zero-order valence-corrected chi connectivity index (χ0v) is 55.7. The summed E-state index contributed by atoms with van der Waals surface area (Å²) in [6.07, 6.45) is -0.725. The largest absolute Gasteiger partial charge is 0.541 e. The normalized spacial score (nSPS) is 22.0. The van der Waals surface area contributed by atoms with Gasteiger partial charge in [-0.25, -0.2) is 9.59 Å². The number of hydrogen-bond acceptors (Lipinski definition) is 15. The number of likely N-dealkylation sites (tertiary alicyclic amines) is 1. The van der Waals surface area contributed by atoms with Crippen LogP contribution in [0.15, 0.2) is 30.9 Å². The molecule has 0 unspecified atom stereocenters. The third-order valence-corrected chi connectivity index (χ3v) is 24.0. The molecule has 3 saturated heterocycles. The van der Waals surface area contributed by atoms with Gasteiger partial charge in [0.05, 0.1) is 23.4 Å². The number of esters is 1. The Balaban J connectivity index is 1.79. The Morgan fingerprint density at radius 3 is 1.95 bits per heavy atom. The van der Waals surface area contributed by atoms with Crippen LogP contribution in [0.4, 0.5) is 4.79 Å². The second-order valence-electron chi connectivity index (χ2n) is 28.7. The van der Waals surface area contributed by atoms with Crippen molar-refractivity contribution >= 4 is 52.3 Å². The summed E-state index contributed by atoms with van der Waals surface area (Å²) in [5, 5.41) is 14.4. The van der Waals surface area contributed by atoms with Crippen LogP contribution in [0.5, 0.6) is 11.5 Å². The first-order valence-electron chi connectivity index (χ1n) is 29.2. The van der Waals surface area contributed by atoms with Crippen LogP contribution in [-0.4, -0.2) is 161 Å². The van der Waals surface area contributed by atoms with Gasteiger partial charge in [0.2, 0.25) is 23.6 Å². The molecule has 4 rings (SSSR count). The van der Waals surface area contributed by atoms with Gasteiger partial charge in [-0.3, -0.25) is 19.2 Å². The molecule has 22 heteroatoms. The molecule has 0 radical (unpaired) electrons. The van der Waals surface area contributed by atoms with Crippen LogP contribution in [0.25, 0.3) is 0 Å². The predicted molar refractivity (Wildman–Crippen MR) is 321 cm³/mol. The van der Waals surface area contributed by atoms with Gasteiger partial charge in [0.25, 0.3) is 16.6 Å². The molecule has 5 N–H and O–H groups in total. The Labute approximate surface area is 492 Å². The molecule has 3 heterocycles. The van der Waals surface area contributed by atoms with Crippen LogP contribution in [0, 0.1) is 0 Å². The highest BCUT2D eigenvalue weighted by Gasteiger charge is 2.55. The van der Waals surface area contributed by atoms with Gasteiger partial charge in [0.1, 0.15) is 66.1 Å². The summed E-state index contributed by atoms with van der Waals surface area (Å²) in [6.45, 7) is 47.5. The summed E-state index contributed by atoms with van der Waals surface area (Å²) in [6, 6.07) is -0.360. The lowest BCUT2D eigenvalue weighted by molar-refractivity contribution is -0.159. The van der Waals surface area contributed by atoms with Crippen molar-refractivity contribution in [3.05, 3.63) is 36.4 Å². The van der Waals surface area contributed by atoms with Crippen LogP contribution >= 0.6 is 0 Å². The Hall–Kier alpha value is -4.59. The maximum Gasteiger partial charge on any atom is 0.407 e. The van der Waals surface area contributed by atoms with E-state index in [1.807, 2.05) is 59.7 Å². The lowest BCUT2D eigenvalue weighted by atomic mass is 10.0. The molecule has 3 fully saturated rings. The lowest BCUT2D eigenvalue weighted by Gasteiger charge is -2.40. The van der Waals surface area contributed by atoms with Crippen LogP contribution in [0.3, 0.4) is 0 Å². The zero-order chi connectivity index (χ0) is 62.4. The molecular weight excluding hydrogens is 1080 g/mol. The minimum atomic E-state index is -2.52. The smallest absolute Gasteiger partial charge is 0.407 e. The van der Waals surface area contributed by atoms with E-state index in [9.17, 15) is 14.4 Å². The maximum atomic E-state index is 15.3. The van der Waals surface area contributed by atoms with Crippen molar-refractivity contribution < 1.29 is 66.0 Å². The number of hydrogen-bond donors (Lipinski definition) is 5. The van der Waals surface area contributed by atoms with Gasteiger partial charge in [0, 0.05) is 32.5 Å². The SMILES string of the molecule is C=CCOC(=O)[C@H](CCCCNC(=O)OC(C)(C)C)NC(=O)[C@H](Cc1ccc(O[Si](C)(C)C(C)(C)C)c(O[Si](C)(C)C(C)(C)C)c1)NC(=O)[C@@H](NC(=O)[C@@H]1C[C@@H](OC(C)(C)C)CN1C(=O)[C@H]1NC[C@@H]2OC(C)(C)O[C@@H]21)[C@@H](C)OC(C)(C)C. The summed E-state index contributed by atoms with van der Waals surface area (Å²) < 4.78 is 49.9. The first-order valence-corrected chi connectivity index (χ1v) is 35.1. The van der Waals surface area contributed by atoms with E-state index in [-0.39, 0.29) is 61.0 Å². The van der Waals surface area contributed by atoms with Crippen molar-refractivity contribution in [2.24, 2.45) is 0 Å². The molecule has 1 aromatic carbocycles. The summed E-state index contributed by atoms with van der Waals surface area (Å²) in [4.78, 5) is 87.7. The number of carbonyl (C=O) groups excluding carboxylic acids is 6. The highest BCUT2D eigenvalue weighted by atomic mass is 28.4. The van der Waals surface area contributed by atoms with Crippen molar-refractivity contribution in [2.45, 2.75) is 270 Å². The fourth-order valence-electron chi connectivity index (χ4n) is 9.36. The van der Waals surface area contributed by atoms with Crippen molar-refractivity contribution in [2.75, 3.05) is 26.2 Å². The number of fused-ring (bicyclic) bond motifs is 1. The van der Waals surface area contributed by atoms with Gasteiger partial charge in [-0.2, -0.15) is 0 Å². The van der Waals surface area contributed by atoms with Crippen LogP contribution in [-0.2, 0) is 58.8 Å². The van der Waals surface area contributed by atoms with Gasteiger partial charge in [-0.15, -0.1) is 0 Å². The minimum Gasteiger partial charge on any atom is -0.541 e. The standard InChI is InChI=1S/C60H104N6O14Si2/c1-24-31-73-53(71)40(27-25-26-30-61-54(72)78-57(9,10)11)63-49(67)41(32-38-28-29-43(79-81(20,21)58(12,13)14)44(33-38)80-82(22,23)59(15,16)17)64-51(69)46(37(2)74-55(3,4)5)65-50(68)42-34-39(75-56(6,7)8)36-66(42)52(70)47-48-45(35-62-47)76-60(18,19)77-48/h24,28-29,33,37,39-42,45-48,62H,1,25-27,30-32,34-36H2,2-23H3,(H,61,72)(H,63,67)(H,64,69)(H,65,68)/t37-,39-,40+,41+,42+,45+,46+,47+,48+/m1/s1. The second-order valence-corrected chi connectivity index (χ2v) is 38.2. The number of amides is 5. The predicted octanol–water partition coefficient (Wildman–Crippen LogP) is 8.36. The zero-order valence-electron chi connectivity index (χ0n) is 53.7. The Morgan fingerprint density at radius 2 is 1.39 bits per heavy atom. The summed E-state index contributed by atoms with van der Waals surface area (Å²) >= 11 is 0. The molecule has 5 amide bonds. The maximum absolute atomic E-state index is 15.3. The second kappa shape index (κ2) is 27.2. The van der Waals surface area contributed by atoms with Crippen molar-refractivity contribution in [1.29, 1.82) is 0 Å². The Kier molecular flexibility index (Phi) is 23.2. The van der Waals surface area contributed by atoms with E-state index in [4.69, 9.17) is 37.3 Å². The van der Waals surface area contributed by atoms with Crippen molar-refractivity contribution in [3.8, 4) is 11.5 Å². The van der Waals surface area contributed by atoms with E-state index in [2.05, 4.69) is 101 Å². The third-order valence-electron chi connectivity index (χ3n) is 15.3. The number of rotatable bonds is 24.